The molecule has 11 heteroatoms. The van der Waals surface area contributed by atoms with Gasteiger partial charge in [-0.2, -0.15) is 13.2 Å². The lowest BCUT2D eigenvalue weighted by molar-refractivity contribution is -0.192. The van der Waals surface area contributed by atoms with Crippen LogP contribution in [0.5, 0.6) is 0 Å². The Morgan fingerprint density at radius 2 is 1.85 bits per heavy atom. The van der Waals surface area contributed by atoms with E-state index in [1.807, 2.05) is 40.9 Å². The summed E-state index contributed by atoms with van der Waals surface area (Å²) in [5, 5.41) is 10.5. The van der Waals surface area contributed by atoms with Crippen LogP contribution < -0.4 is 5.32 Å². The Kier molecular flexibility index (Phi) is 7.29. The number of benzene rings is 1. The third-order valence-corrected chi connectivity index (χ3v) is 4.48. The average Bonchev–Trinajstić information content (AvgIpc) is 3.13. The van der Waals surface area contributed by atoms with E-state index in [1.165, 1.54) is 0 Å². The summed E-state index contributed by atoms with van der Waals surface area (Å²) < 4.78 is 33.7. The summed E-state index contributed by atoms with van der Waals surface area (Å²) in [6.45, 7) is 0. The number of hydrogen-bond donors (Lipinski definition) is 2. The zero-order valence-corrected chi connectivity index (χ0v) is 17.5. The lowest BCUT2D eigenvalue weighted by Crippen LogP contribution is -2.21. The third-order valence-electron chi connectivity index (χ3n) is 4.25. The molecular weight excluding hydrogens is 461 g/mol. The van der Waals surface area contributed by atoms with Crippen molar-refractivity contribution in [3.8, 4) is 0 Å². The van der Waals surface area contributed by atoms with Gasteiger partial charge in [0.15, 0.2) is 5.69 Å². The van der Waals surface area contributed by atoms with Gasteiger partial charge in [0.1, 0.15) is 5.82 Å². The minimum absolute atomic E-state index is 0.270. The van der Waals surface area contributed by atoms with Crippen molar-refractivity contribution in [1.82, 2.24) is 14.4 Å². The summed E-state index contributed by atoms with van der Waals surface area (Å²) in [7, 11) is 0. The molecule has 0 radical (unpaired) electrons. The summed E-state index contributed by atoms with van der Waals surface area (Å²) in [5.41, 5.74) is 2.80. The number of nitrogens with zero attached hydrogens (tertiary/aromatic N) is 3. The number of anilines is 1. The standard InChI is InChI=1S/C20H15ClN4O.C2HF3O2/c21-15-6-3-7-16(12-15)23-20(26)19-17-8-1-2-10-25(17)18(24-19)11-14-5-4-9-22-13-14;3-2(4,5)1(6)7/h1-10,12-13H,11H2,(H,23,26);(H,6,7). The second-order valence-corrected chi connectivity index (χ2v) is 7.07. The third kappa shape index (κ3) is 6.30. The zero-order chi connectivity index (χ0) is 24.0. The molecule has 0 saturated carbocycles. The number of carboxylic acid groups (broad SMARTS) is 1. The molecule has 0 spiro atoms. The van der Waals surface area contributed by atoms with Crippen LogP contribution in [0, 0.1) is 0 Å². The number of fused-ring (bicyclic) bond motifs is 1. The molecule has 170 valence electrons. The first-order valence-corrected chi connectivity index (χ1v) is 9.75. The minimum atomic E-state index is -5.08. The van der Waals surface area contributed by atoms with Crippen molar-refractivity contribution in [3.63, 3.8) is 0 Å². The number of nitrogens with one attached hydrogen (secondary N) is 1. The van der Waals surface area contributed by atoms with Gasteiger partial charge in [0.25, 0.3) is 5.91 Å². The topological polar surface area (TPSA) is 96.6 Å². The highest BCUT2D eigenvalue weighted by atomic mass is 35.5. The molecule has 4 aromatic rings. The number of halogens is 4. The maximum absolute atomic E-state index is 12.8. The number of amides is 1. The van der Waals surface area contributed by atoms with Crippen LogP contribution in [0.4, 0.5) is 18.9 Å². The Labute approximate surface area is 190 Å². The molecule has 0 aliphatic rings. The highest BCUT2D eigenvalue weighted by molar-refractivity contribution is 6.31. The van der Waals surface area contributed by atoms with Crippen molar-refractivity contribution in [2.75, 3.05) is 5.32 Å². The molecule has 3 aromatic heterocycles. The Hall–Kier alpha value is -3.92. The molecular formula is C22H16ClF3N4O3. The van der Waals surface area contributed by atoms with E-state index in [1.54, 1.807) is 36.7 Å². The van der Waals surface area contributed by atoms with E-state index in [2.05, 4.69) is 15.3 Å². The average molecular weight is 477 g/mol. The van der Waals surface area contributed by atoms with Gasteiger partial charge in [-0.25, -0.2) is 9.78 Å². The van der Waals surface area contributed by atoms with E-state index in [9.17, 15) is 18.0 Å². The first-order chi connectivity index (χ1) is 15.6. The van der Waals surface area contributed by atoms with Gasteiger partial charge in [0.2, 0.25) is 0 Å². The number of hydrogen-bond acceptors (Lipinski definition) is 4. The molecule has 0 atom stereocenters. The van der Waals surface area contributed by atoms with E-state index in [0.717, 1.165) is 16.9 Å². The molecule has 1 aromatic carbocycles. The molecule has 0 fully saturated rings. The van der Waals surface area contributed by atoms with Gasteiger partial charge in [-0.15, -0.1) is 0 Å². The number of carbonyl (C=O) groups is 2. The Bertz CT molecular complexity index is 1280. The number of imidazole rings is 1. The molecule has 7 nitrogen and oxygen atoms in total. The van der Waals surface area contributed by atoms with Crippen molar-refractivity contribution < 1.29 is 27.9 Å². The van der Waals surface area contributed by atoms with Gasteiger partial charge in [-0.05, 0) is 42.0 Å². The van der Waals surface area contributed by atoms with Crippen LogP contribution in [0.25, 0.3) is 5.52 Å². The van der Waals surface area contributed by atoms with E-state index in [-0.39, 0.29) is 5.91 Å². The van der Waals surface area contributed by atoms with E-state index in [4.69, 9.17) is 21.5 Å². The van der Waals surface area contributed by atoms with Gasteiger partial charge in [0, 0.05) is 35.7 Å². The summed E-state index contributed by atoms with van der Waals surface area (Å²) in [5.74, 6) is -2.24. The molecule has 0 bridgehead atoms. The van der Waals surface area contributed by atoms with E-state index < -0.39 is 12.1 Å². The number of carbonyl (C=O) groups excluding carboxylic acids is 1. The second-order valence-electron chi connectivity index (χ2n) is 6.64. The predicted octanol–water partition coefficient (Wildman–Crippen LogP) is 4.86. The fourth-order valence-electron chi connectivity index (χ4n) is 2.83. The summed E-state index contributed by atoms with van der Waals surface area (Å²) in [6.07, 6.45) is 0.945. The smallest absolute Gasteiger partial charge is 0.475 e. The quantitative estimate of drug-likeness (QED) is 0.438. The van der Waals surface area contributed by atoms with Crippen LogP contribution in [-0.4, -0.2) is 37.5 Å². The minimum Gasteiger partial charge on any atom is -0.475 e. The fraction of sp³-hybridized carbons (Fsp3) is 0.0909. The molecule has 0 saturated heterocycles. The van der Waals surface area contributed by atoms with Crippen LogP contribution >= 0.6 is 11.6 Å². The Morgan fingerprint density at radius 3 is 2.48 bits per heavy atom. The van der Waals surface area contributed by atoms with Gasteiger partial charge < -0.3 is 14.8 Å². The summed E-state index contributed by atoms with van der Waals surface area (Å²) in [6, 6.07) is 16.6. The van der Waals surface area contributed by atoms with Crippen LogP contribution in [-0.2, 0) is 11.2 Å². The van der Waals surface area contributed by atoms with Crippen molar-refractivity contribution >= 4 is 34.7 Å². The fourth-order valence-corrected chi connectivity index (χ4v) is 3.03. The number of aliphatic carboxylic acids is 1. The Morgan fingerprint density at radius 1 is 1.09 bits per heavy atom. The van der Waals surface area contributed by atoms with Crippen LogP contribution in [0.2, 0.25) is 5.02 Å². The summed E-state index contributed by atoms with van der Waals surface area (Å²) >= 11 is 5.99. The largest absolute Gasteiger partial charge is 0.490 e. The molecule has 33 heavy (non-hydrogen) atoms. The summed E-state index contributed by atoms with van der Waals surface area (Å²) in [4.78, 5) is 30.4. The van der Waals surface area contributed by atoms with E-state index in [0.29, 0.717) is 22.8 Å². The van der Waals surface area contributed by atoms with Crippen molar-refractivity contribution in [2.45, 2.75) is 12.6 Å². The number of pyridine rings is 2. The van der Waals surface area contributed by atoms with Crippen molar-refractivity contribution in [2.24, 2.45) is 0 Å². The highest BCUT2D eigenvalue weighted by Crippen LogP contribution is 2.19. The molecule has 0 aliphatic carbocycles. The lowest BCUT2D eigenvalue weighted by atomic mass is 10.2. The van der Waals surface area contributed by atoms with Crippen LogP contribution in [0.3, 0.4) is 0 Å². The van der Waals surface area contributed by atoms with Crippen LogP contribution in [0.1, 0.15) is 21.9 Å². The van der Waals surface area contributed by atoms with Gasteiger partial charge in [0.05, 0.1) is 5.52 Å². The molecule has 3 heterocycles. The molecule has 0 unspecified atom stereocenters. The lowest BCUT2D eigenvalue weighted by Gasteiger charge is -2.03. The maximum atomic E-state index is 12.8. The highest BCUT2D eigenvalue weighted by Gasteiger charge is 2.38. The van der Waals surface area contributed by atoms with Gasteiger partial charge in [-0.3, -0.25) is 9.78 Å². The second kappa shape index (κ2) is 10.1. The zero-order valence-electron chi connectivity index (χ0n) is 16.8. The van der Waals surface area contributed by atoms with Gasteiger partial charge in [-0.1, -0.05) is 29.8 Å². The molecule has 1 amide bonds. The van der Waals surface area contributed by atoms with E-state index >= 15 is 0 Å². The molecule has 4 rings (SSSR count). The SMILES string of the molecule is O=C(Nc1cccc(Cl)c1)c1nc(Cc2cccnc2)n2ccccc12.O=C(O)C(F)(F)F. The number of aromatic nitrogens is 3. The number of carboxylic acids is 1. The number of alkyl halides is 3. The first-order valence-electron chi connectivity index (χ1n) is 9.37. The van der Waals surface area contributed by atoms with Crippen LogP contribution in [0.15, 0.2) is 73.2 Å². The molecule has 0 aliphatic heterocycles. The molecule has 2 N–H and O–H groups in total. The van der Waals surface area contributed by atoms with Gasteiger partial charge >= 0.3 is 12.1 Å². The number of rotatable bonds is 4. The predicted molar refractivity (Wildman–Crippen MR) is 115 cm³/mol. The normalized spacial score (nSPS) is 10.9. The van der Waals surface area contributed by atoms with Crippen molar-refractivity contribution in [3.05, 3.63) is 95.3 Å². The Balaban J connectivity index is 0.000000383. The maximum Gasteiger partial charge on any atom is 0.490 e. The first kappa shape index (κ1) is 23.7. The van der Waals surface area contributed by atoms with Crippen molar-refractivity contribution in [1.29, 1.82) is 0 Å². The monoisotopic (exact) mass is 476 g/mol.